The van der Waals surface area contributed by atoms with Crippen molar-refractivity contribution in [2.24, 2.45) is 0 Å². The maximum atomic E-state index is 12.9. The third-order valence-electron chi connectivity index (χ3n) is 3.36. The maximum Gasteiger partial charge on any atom is 0.331 e. The van der Waals surface area contributed by atoms with E-state index < -0.39 is 12.0 Å². The highest BCUT2D eigenvalue weighted by Gasteiger charge is 2.42. The third kappa shape index (κ3) is 3.77. The zero-order chi connectivity index (χ0) is 16.3. The molecule has 0 aromatic carbocycles. The molecular formula is C14H19ClN2O4S. The van der Waals surface area contributed by atoms with Crippen LogP contribution in [-0.4, -0.2) is 54.2 Å². The van der Waals surface area contributed by atoms with Crippen LogP contribution in [-0.2, 0) is 14.3 Å². The highest BCUT2D eigenvalue weighted by atomic mass is 35.5. The molecule has 6 nitrogen and oxygen atoms in total. The molecule has 1 aromatic heterocycles. The largest absolute Gasteiger partial charge is 0.464 e. The molecule has 0 N–H and O–H groups in total. The van der Waals surface area contributed by atoms with E-state index >= 15 is 0 Å². The molecule has 1 heterocycles. The molecule has 1 fully saturated rings. The van der Waals surface area contributed by atoms with Crippen LogP contribution in [0.2, 0.25) is 4.47 Å². The average molecular weight is 347 g/mol. The van der Waals surface area contributed by atoms with Gasteiger partial charge in [-0.3, -0.25) is 4.79 Å². The maximum absolute atomic E-state index is 12.9. The van der Waals surface area contributed by atoms with E-state index in [2.05, 4.69) is 4.98 Å². The molecule has 8 heteroatoms. The number of esters is 1. The van der Waals surface area contributed by atoms with Gasteiger partial charge in [-0.25, -0.2) is 9.78 Å². The summed E-state index contributed by atoms with van der Waals surface area (Å²) in [5.41, 5.74) is 0.575. The van der Waals surface area contributed by atoms with Gasteiger partial charge in [-0.2, -0.15) is 0 Å². The van der Waals surface area contributed by atoms with Gasteiger partial charge in [-0.15, -0.1) is 0 Å². The minimum absolute atomic E-state index is 0.0392. The van der Waals surface area contributed by atoms with E-state index in [9.17, 15) is 9.59 Å². The van der Waals surface area contributed by atoms with E-state index in [0.29, 0.717) is 15.0 Å². The molecule has 1 saturated carbocycles. The number of aromatic nitrogens is 1. The van der Waals surface area contributed by atoms with Crippen molar-refractivity contribution in [2.75, 3.05) is 20.3 Å². The number of hydrogen-bond acceptors (Lipinski definition) is 6. The molecular weight excluding hydrogens is 328 g/mol. The number of carbonyl (C=O) groups excluding carboxylic acids is 2. The number of amides is 1. The van der Waals surface area contributed by atoms with E-state index in [0.717, 1.165) is 24.2 Å². The fourth-order valence-electron chi connectivity index (χ4n) is 2.25. The second-order valence-corrected chi connectivity index (χ2v) is 6.63. The van der Waals surface area contributed by atoms with Crippen molar-refractivity contribution in [2.45, 2.75) is 38.8 Å². The molecule has 0 spiro atoms. The summed E-state index contributed by atoms with van der Waals surface area (Å²) >= 11 is 7.01. The minimum atomic E-state index is -0.745. The molecule has 0 unspecified atom stereocenters. The van der Waals surface area contributed by atoms with Crippen LogP contribution in [0.4, 0.5) is 0 Å². The molecule has 1 aliphatic rings. The van der Waals surface area contributed by atoms with Crippen molar-refractivity contribution in [1.29, 1.82) is 0 Å². The number of carbonyl (C=O) groups is 2. The molecule has 0 saturated heterocycles. The Kier molecular flexibility index (Phi) is 5.77. The summed E-state index contributed by atoms with van der Waals surface area (Å²) in [6.07, 6.45) is 1.74. The lowest BCUT2D eigenvalue weighted by Gasteiger charge is -2.29. The lowest BCUT2D eigenvalue weighted by atomic mass is 10.2. The van der Waals surface area contributed by atoms with Gasteiger partial charge in [0.2, 0.25) is 0 Å². The van der Waals surface area contributed by atoms with E-state index in [-0.39, 0.29) is 25.2 Å². The normalized spacial score (nSPS) is 15.5. The highest BCUT2D eigenvalue weighted by Crippen LogP contribution is 2.33. The van der Waals surface area contributed by atoms with Gasteiger partial charge in [0.15, 0.2) is 10.5 Å². The van der Waals surface area contributed by atoms with Crippen LogP contribution in [0, 0.1) is 6.92 Å². The van der Waals surface area contributed by atoms with Gasteiger partial charge < -0.3 is 14.4 Å². The summed E-state index contributed by atoms with van der Waals surface area (Å²) in [5.74, 6) is -0.683. The summed E-state index contributed by atoms with van der Waals surface area (Å²) in [4.78, 5) is 31.2. The van der Waals surface area contributed by atoms with Crippen molar-refractivity contribution in [3.8, 4) is 0 Å². The summed E-state index contributed by atoms with van der Waals surface area (Å²) in [7, 11) is 1.50. The lowest BCUT2D eigenvalue weighted by molar-refractivity contribution is -0.150. The first kappa shape index (κ1) is 17.2. The molecule has 1 amide bonds. The zero-order valence-electron chi connectivity index (χ0n) is 12.8. The minimum Gasteiger partial charge on any atom is -0.464 e. The van der Waals surface area contributed by atoms with E-state index in [1.807, 2.05) is 0 Å². The lowest BCUT2D eigenvalue weighted by Crippen LogP contribution is -2.49. The van der Waals surface area contributed by atoms with Crippen molar-refractivity contribution in [1.82, 2.24) is 9.88 Å². The van der Waals surface area contributed by atoms with Crippen LogP contribution in [0.15, 0.2) is 0 Å². The Morgan fingerprint density at radius 3 is 2.64 bits per heavy atom. The first-order valence-corrected chi connectivity index (χ1v) is 8.30. The fraction of sp³-hybridized carbons (Fsp3) is 0.643. The van der Waals surface area contributed by atoms with Gasteiger partial charge in [0.1, 0.15) is 4.88 Å². The molecule has 1 aromatic rings. The predicted octanol–water partition coefficient (Wildman–Crippen LogP) is 2.29. The van der Waals surface area contributed by atoms with Gasteiger partial charge in [-0.05, 0) is 26.7 Å². The van der Waals surface area contributed by atoms with E-state index in [4.69, 9.17) is 21.1 Å². The number of ether oxygens (including phenoxy) is 2. The quantitative estimate of drug-likeness (QED) is 0.708. The topological polar surface area (TPSA) is 68.7 Å². The molecule has 0 radical (unpaired) electrons. The zero-order valence-corrected chi connectivity index (χ0v) is 14.4. The summed E-state index contributed by atoms with van der Waals surface area (Å²) in [6, 6.07) is -0.706. The van der Waals surface area contributed by atoms with Crippen LogP contribution < -0.4 is 0 Å². The molecule has 2 rings (SSSR count). The van der Waals surface area contributed by atoms with Crippen LogP contribution in [0.5, 0.6) is 0 Å². The smallest absolute Gasteiger partial charge is 0.331 e. The first-order valence-electron chi connectivity index (χ1n) is 7.10. The monoisotopic (exact) mass is 346 g/mol. The van der Waals surface area contributed by atoms with Gasteiger partial charge in [0.05, 0.1) is 18.9 Å². The van der Waals surface area contributed by atoms with E-state index in [1.165, 1.54) is 7.11 Å². The van der Waals surface area contributed by atoms with E-state index in [1.54, 1.807) is 18.7 Å². The highest BCUT2D eigenvalue weighted by molar-refractivity contribution is 7.17. The van der Waals surface area contributed by atoms with Gasteiger partial charge in [0.25, 0.3) is 5.91 Å². The standard InChI is InChI=1S/C14H19ClN2O4S/c1-4-21-13(19)10(7-20-3)17(9-5-6-9)12(18)11-8(2)16-14(15)22-11/h9-10H,4-7H2,1-3H3/t10-/m0/s1. The number of methoxy groups -OCH3 is 1. The Hall–Kier alpha value is -1.18. The molecule has 1 atom stereocenters. The SMILES string of the molecule is CCOC(=O)[C@H](COC)N(C(=O)c1sc(Cl)nc1C)C1CC1. The molecule has 1 aliphatic carbocycles. The molecule has 122 valence electrons. The van der Waals surface area contributed by atoms with Gasteiger partial charge >= 0.3 is 5.97 Å². The number of aryl methyl sites for hydroxylation is 1. The molecule has 0 aliphatic heterocycles. The van der Waals surface area contributed by atoms with Crippen LogP contribution >= 0.6 is 22.9 Å². The number of nitrogens with zero attached hydrogens (tertiary/aromatic N) is 2. The molecule has 22 heavy (non-hydrogen) atoms. The van der Waals surface area contributed by atoms with Crippen molar-refractivity contribution in [3.05, 3.63) is 15.0 Å². The van der Waals surface area contributed by atoms with Gasteiger partial charge in [0, 0.05) is 13.2 Å². The Bertz CT molecular complexity index is 559. The van der Waals surface area contributed by atoms with Crippen LogP contribution in [0.3, 0.4) is 0 Å². The first-order chi connectivity index (χ1) is 10.5. The fourth-order valence-corrected chi connectivity index (χ4v) is 3.35. The van der Waals surface area contributed by atoms with Crippen LogP contribution in [0.25, 0.3) is 0 Å². The Morgan fingerprint density at radius 1 is 1.50 bits per heavy atom. The Morgan fingerprint density at radius 2 is 2.18 bits per heavy atom. The average Bonchev–Trinajstić information content (AvgIpc) is 3.23. The van der Waals surface area contributed by atoms with Crippen molar-refractivity contribution < 1.29 is 19.1 Å². The Balaban J connectivity index is 2.29. The number of halogens is 1. The number of hydrogen-bond donors (Lipinski definition) is 0. The second kappa shape index (κ2) is 7.39. The second-order valence-electron chi connectivity index (χ2n) is 5.05. The van der Waals surface area contributed by atoms with Crippen molar-refractivity contribution >= 4 is 34.8 Å². The number of rotatable bonds is 7. The Labute approximate surface area is 138 Å². The van der Waals surface area contributed by atoms with Crippen LogP contribution in [0.1, 0.15) is 35.1 Å². The molecule has 0 bridgehead atoms. The predicted molar refractivity (Wildman–Crippen MR) is 83.3 cm³/mol. The summed E-state index contributed by atoms with van der Waals surface area (Å²) in [5, 5.41) is 0. The summed E-state index contributed by atoms with van der Waals surface area (Å²) < 4.78 is 10.5. The van der Waals surface area contributed by atoms with Gasteiger partial charge in [-0.1, -0.05) is 22.9 Å². The number of thiazole rings is 1. The summed E-state index contributed by atoms with van der Waals surface area (Å²) in [6.45, 7) is 3.83. The van der Waals surface area contributed by atoms with Crippen molar-refractivity contribution in [3.63, 3.8) is 0 Å². The third-order valence-corrected chi connectivity index (χ3v) is 4.61.